The summed E-state index contributed by atoms with van der Waals surface area (Å²) in [5, 5.41) is 0.0425. The molecule has 4 heteroatoms. The maximum Gasteiger partial charge on any atom is 0.375 e. The fraction of sp³-hybridized carbons (Fsp3) is 0.778. The highest BCUT2D eigenvalue weighted by atomic mass is 79.9. The lowest BCUT2D eigenvalue weighted by Crippen LogP contribution is -2.18. The van der Waals surface area contributed by atoms with Crippen molar-refractivity contribution in [1.82, 2.24) is 0 Å². The third-order valence-corrected chi connectivity index (χ3v) is 2.09. The van der Waals surface area contributed by atoms with Crippen LogP contribution in [-0.2, 0) is 14.3 Å². The van der Waals surface area contributed by atoms with E-state index in [4.69, 9.17) is 4.74 Å². The van der Waals surface area contributed by atoms with Gasteiger partial charge in [0.2, 0.25) is 5.78 Å². The van der Waals surface area contributed by atoms with Crippen LogP contribution in [0.4, 0.5) is 0 Å². The van der Waals surface area contributed by atoms with Crippen molar-refractivity contribution in [1.29, 1.82) is 0 Å². The molecule has 0 unspecified atom stereocenters. The molecule has 0 amide bonds. The number of Topliss-reactive ketones (excluding diaryl/α,β-unsaturated/α-hetero) is 1. The summed E-state index contributed by atoms with van der Waals surface area (Å²) in [5.74, 6) is -1.25. The topological polar surface area (TPSA) is 43.4 Å². The first-order chi connectivity index (χ1) is 6.22. The Kier molecular flexibility index (Phi) is 7.99. The van der Waals surface area contributed by atoms with Crippen molar-refractivity contribution in [3.05, 3.63) is 0 Å². The average Bonchev–Trinajstić information content (AvgIpc) is 2.16. The minimum atomic E-state index is -0.728. The molecule has 0 rings (SSSR count). The van der Waals surface area contributed by atoms with Crippen molar-refractivity contribution in [3.63, 3.8) is 0 Å². The highest BCUT2D eigenvalue weighted by Crippen LogP contribution is 1.99. The molecule has 0 aromatic carbocycles. The number of carbonyl (C=O) groups excluding carboxylic acids is 2. The Hall–Kier alpha value is -0.380. The van der Waals surface area contributed by atoms with Gasteiger partial charge in [-0.1, -0.05) is 42.1 Å². The number of carbonyl (C=O) groups is 2. The number of rotatable bonds is 7. The van der Waals surface area contributed by atoms with E-state index in [1.54, 1.807) is 0 Å². The van der Waals surface area contributed by atoms with E-state index >= 15 is 0 Å². The Bertz CT molecular complexity index is 168. The molecule has 3 nitrogen and oxygen atoms in total. The molecule has 0 aliphatic rings. The lowest BCUT2D eigenvalue weighted by molar-refractivity contribution is -0.152. The summed E-state index contributed by atoms with van der Waals surface area (Å²) in [7, 11) is 0. The molecule has 76 valence electrons. The van der Waals surface area contributed by atoms with Crippen LogP contribution in [0, 0.1) is 0 Å². The Morgan fingerprint density at radius 2 is 1.92 bits per heavy atom. The highest BCUT2D eigenvalue weighted by molar-refractivity contribution is 9.09. The predicted molar refractivity (Wildman–Crippen MR) is 53.9 cm³/mol. The number of ether oxygens (including phenoxy) is 1. The second-order valence-electron chi connectivity index (χ2n) is 2.75. The maximum atomic E-state index is 10.8. The molecule has 13 heavy (non-hydrogen) atoms. The molecule has 0 atom stereocenters. The molecule has 0 heterocycles. The highest BCUT2D eigenvalue weighted by Gasteiger charge is 2.12. The van der Waals surface area contributed by atoms with Gasteiger partial charge < -0.3 is 4.74 Å². The summed E-state index contributed by atoms with van der Waals surface area (Å²) in [5.41, 5.74) is 0. The minimum Gasteiger partial charge on any atom is -0.460 e. The van der Waals surface area contributed by atoms with Crippen molar-refractivity contribution in [3.8, 4) is 0 Å². The van der Waals surface area contributed by atoms with Crippen molar-refractivity contribution in [2.75, 3.05) is 11.9 Å². The number of esters is 1. The molecule has 0 aliphatic heterocycles. The molecule has 0 fully saturated rings. The SMILES string of the molecule is CCCCCCOC(=O)C(=O)CBr. The molecular formula is C9H15BrO3. The van der Waals surface area contributed by atoms with Gasteiger partial charge in [0, 0.05) is 0 Å². The molecule has 0 aliphatic carbocycles. The zero-order valence-electron chi connectivity index (χ0n) is 7.85. The second kappa shape index (κ2) is 8.23. The quantitative estimate of drug-likeness (QED) is 0.301. The van der Waals surface area contributed by atoms with Crippen LogP contribution in [-0.4, -0.2) is 23.7 Å². The zero-order valence-corrected chi connectivity index (χ0v) is 9.43. The number of ketones is 1. The van der Waals surface area contributed by atoms with Crippen LogP contribution in [0.2, 0.25) is 0 Å². The van der Waals surface area contributed by atoms with Crippen molar-refractivity contribution in [2.24, 2.45) is 0 Å². The molecule has 0 aromatic rings. The molecule has 0 aromatic heterocycles. The van der Waals surface area contributed by atoms with Crippen molar-refractivity contribution >= 4 is 27.7 Å². The van der Waals surface area contributed by atoms with Gasteiger partial charge >= 0.3 is 5.97 Å². The van der Waals surface area contributed by atoms with Gasteiger partial charge in [-0.25, -0.2) is 4.79 Å². The van der Waals surface area contributed by atoms with Gasteiger partial charge in [0.05, 0.1) is 11.9 Å². The van der Waals surface area contributed by atoms with Crippen LogP contribution in [0.25, 0.3) is 0 Å². The molecular weight excluding hydrogens is 236 g/mol. The van der Waals surface area contributed by atoms with Gasteiger partial charge in [0.1, 0.15) is 0 Å². The van der Waals surface area contributed by atoms with Gasteiger partial charge in [0.15, 0.2) is 0 Å². The molecule has 0 saturated carbocycles. The standard InChI is InChI=1S/C9H15BrO3/c1-2-3-4-5-6-13-9(12)8(11)7-10/h2-7H2,1H3. The van der Waals surface area contributed by atoms with Crippen LogP contribution in [0.15, 0.2) is 0 Å². The number of hydrogen-bond donors (Lipinski definition) is 0. The van der Waals surface area contributed by atoms with Crippen LogP contribution < -0.4 is 0 Å². The summed E-state index contributed by atoms with van der Waals surface area (Å²) in [6.07, 6.45) is 4.18. The monoisotopic (exact) mass is 250 g/mol. The lowest BCUT2D eigenvalue weighted by Gasteiger charge is -2.01. The van der Waals surface area contributed by atoms with E-state index in [0.29, 0.717) is 6.61 Å². The molecule has 0 spiro atoms. The molecule has 0 saturated heterocycles. The van der Waals surface area contributed by atoms with Gasteiger partial charge in [0.25, 0.3) is 0 Å². The number of halogens is 1. The van der Waals surface area contributed by atoms with Crippen LogP contribution in [0.3, 0.4) is 0 Å². The summed E-state index contributed by atoms with van der Waals surface area (Å²) >= 11 is 2.90. The van der Waals surface area contributed by atoms with Crippen LogP contribution in [0.1, 0.15) is 32.6 Å². The summed E-state index contributed by atoms with van der Waals surface area (Å²) < 4.78 is 4.72. The first-order valence-corrected chi connectivity index (χ1v) is 5.60. The van der Waals surface area contributed by atoms with Gasteiger partial charge in [-0.15, -0.1) is 0 Å². The normalized spacial score (nSPS) is 9.69. The van der Waals surface area contributed by atoms with E-state index in [1.165, 1.54) is 0 Å². The minimum absolute atomic E-state index is 0.0425. The molecule has 0 bridgehead atoms. The number of unbranched alkanes of at least 4 members (excludes halogenated alkanes) is 3. The zero-order chi connectivity index (χ0) is 10.1. The fourth-order valence-electron chi connectivity index (χ4n) is 0.829. The molecule has 0 radical (unpaired) electrons. The first-order valence-electron chi connectivity index (χ1n) is 4.48. The third-order valence-electron chi connectivity index (χ3n) is 1.58. The Morgan fingerprint density at radius 1 is 1.23 bits per heavy atom. The van der Waals surface area contributed by atoms with Gasteiger partial charge in [-0.05, 0) is 6.42 Å². The van der Waals surface area contributed by atoms with E-state index in [1.807, 2.05) is 0 Å². The number of alkyl halides is 1. The largest absolute Gasteiger partial charge is 0.460 e. The van der Waals surface area contributed by atoms with E-state index in [2.05, 4.69) is 22.9 Å². The number of hydrogen-bond acceptors (Lipinski definition) is 3. The maximum absolute atomic E-state index is 10.8. The van der Waals surface area contributed by atoms with Crippen LogP contribution in [0.5, 0.6) is 0 Å². The van der Waals surface area contributed by atoms with E-state index in [-0.39, 0.29) is 5.33 Å². The Labute approximate surface area is 87.0 Å². The van der Waals surface area contributed by atoms with Gasteiger partial charge in [-0.2, -0.15) is 0 Å². The van der Waals surface area contributed by atoms with E-state index in [9.17, 15) is 9.59 Å². The first kappa shape index (κ1) is 12.6. The summed E-state index contributed by atoms with van der Waals surface area (Å²) in [4.78, 5) is 21.5. The Balaban J connectivity index is 3.32. The Morgan fingerprint density at radius 3 is 2.46 bits per heavy atom. The van der Waals surface area contributed by atoms with Crippen molar-refractivity contribution < 1.29 is 14.3 Å². The van der Waals surface area contributed by atoms with E-state index < -0.39 is 11.8 Å². The lowest BCUT2D eigenvalue weighted by atomic mass is 10.2. The van der Waals surface area contributed by atoms with Crippen molar-refractivity contribution in [2.45, 2.75) is 32.6 Å². The predicted octanol–water partition coefficient (Wildman–Crippen LogP) is 2.07. The van der Waals surface area contributed by atoms with Gasteiger partial charge in [-0.3, -0.25) is 4.79 Å². The molecule has 0 N–H and O–H groups in total. The fourth-order valence-corrected chi connectivity index (χ4v) is 1.06. The second-order valence-corrected chi connectivity index (χ2v) is 3.31. The average molecular weight is 251 g/mol. The smallest absolute Gasteiger partial charge is 0.375 e. The van der Waals surface area contributed by atoms with Crippen LogP contribution >= 0.6 is 15.9 Å². The third kappa shape index (κ3) is 6.75. The summed E-state index contributed by atoms with van der Waals surface area (Å²) in [6.45, 7) is 2.47. The van der Waals surface area contributed by atoms with E-state index in [0.717, 1.165) is 25.7 Å². The summed E-state index contributed by atoms with van der Waals surface area (Å²) in [6, 6.07) is 0.